The molecule has 0 radical (unpaired) electrons. The summed E-state index contributed by atoms with van der Waals surface area (Å²) in [5.41, 5.74) is 9.09. The molecule has 1 heterocycles. The maximum absolute atomic E-state index is 5.29. The Morgan fingerprint density at radius 2 is 2.07 bits per heavy atom. The van der Waals surface area contributed by atoms with E-state index >= 15 is 0 Å². The van der Waals surface area contributed by atoms with Gasteiger partial charge in [-0.1, -0.05) is 0 Å². The van der Waals surface area contributed by atoms with Crippen molar-refractivity contribution in [1.82, 2.24) is 10.3 Å². The number of rotatable bonds is 2. The molecular weight excluding hydrogens is 196 g/mol. The van der Waals surface area contributed by atoms with Crippen LogP contribution in [-0.2, 0) is 0 Å². The van der Waals surface area contributed by atoms with Crippen molar-refractivity contribution in [1.29, 1.82) is 0 Å². The first-order valence-corrected chi connectivity index (χ1v) is 5.35. The van der Waals surface area contributed by atoms with Crippen LogP contribution in [0.3, 0.4) is 0 Å². The summed E-state index contributed by atoms with van der Waals surface area (Å²) in [6, 6.07) is 0.625. The zero-order chi connectivity index (χ0) is 10.6. The topological polar surface area (TPSA) is 53.6 Å². The van der Waals surface area contributed by atoms with Crippen molar-refractivity contribution >= 4 is 23.0 Å². The lowest BCUT2D eigenvalue weighted by molar-refractivity contribution is 0.222. The van der Waals surface area contributed by atoms with Gasteiger partial charge in [-0.3, -0.25) is 5.43 Å². The summed E-state index contributed by atoms with van der Waals surface area (Å²) < 4.78 is 0. The van der Waals surface area contributed by atoms with E-state index in [0.717, 1.165) is 31.6 Å². The van der Waals surface area contributed by atoms with Crippen molar-refractivity contribution in [3.05, 3.63) is 0 Å². The van der Waals surface area contributed by atoms with E-state index in [4.69, 9.17) is 5.73 Å². The van der Waals surface area contributed by atoms with Crippen LogP contribution in [0.25, 0.3) is 0 Å². The highest BCUT2D eigenvalue weighted by Crippen LogP contribution is 2.09. The van der Waals surface area contributed by atoms with E-state index in [1.807, 2.05) is 0 Å². The molecule has 5 heteroatoms. The first-order chi connectivity index (χ1) is 6.59. The summed E-state index contributed by atoms with van der Waals surface area (Å²) >= 11 is 4.68. The third-order valence-electron chi connectivity index (χ3n) is 2.43. The third kappa shape index (κ3) is 3.59. The van der Waals surface area contributed by atoms with Crippen molar-refractivity contribution in [3.63, 3.8) is 0 Å². The van der Waals surface area contributed by atoms with Gasteiger partial charge in [-0.15, -0.1) is 0 Å². The second-order valence-electron chi connectivity index (χ2n) is 3.78. The molecule has 0 spiro atoms. The Kier molecular flexibility index (Phi) is 4.28. The van der Waals surface area contributed by atoms with Crippen molar-refractivity contribution < 1.29 is 0 Å². The van der Waals surface area contributed by atoms with Gasteiger partial charge in [-0.25, -0.2) is 0 Å². The first kappa shape index (κ1) is 11.4. The number of nitrogens with zero attached hydrogens (tertiary/aromatic N) is 2. The number of nitrogens with two attached hydrogens (primary N) is 1. The molecule has 0 amide bonds. The molecule has 0 bridgehead atoms. The van der Waals surface area contributed by atoms with Crippen LogP contribution >= 0.6 is 12.2 Å². The monoisotopic (exact) mass is 214 g/mol. The van der Waals surface area contributed by atoms with Gasteiger partial charge < -0.3 is 10.6 Å². The molecule has 1 fully saturated rings. The minimum absolute atomic E-state index is 0.240. The van der Waals surface area contributed by atoms with Gasteiger partial charge in [0.15, 0.2) is 5.11 Å². The first-order valence-electron chi connectivity index (χ1n) is 4.94. The normalized spacial score (nSPS) is 18.4. The highest BCUT2D eigenvalue weighted by Gasteiger charge is 2.16. The molecule has 1 saturated heterocycles. The van der Waals surface area contributed by atoms with E-state index in [9.17, 15) is 0 Å². The highest BCUT2D eigenvalue weighted by atomic mass is 32.1. The SMILES string of the molecule is CC(C)N1CCC(=NNC(N)=S)CC1. The average Bonchev–Trinajstić information content (AvgIpc) is 2.15. The van der Waals surface area contributed by atoms with Gasteiger partial charge >= 0.3 is 0 Å². The molecule has 1 aliphatic rings. The molecule has 14 heavy (non-hydrogen) atoms. The summed E-state index contributed by atoms with van der Waals surface area (Å²) in [7, 11) is 0. The highest BCUT2D eigenvalue weighted by molar-refractivity contribution is 7.80. The molecule has 1 rings (SSSR count). The average molecular weight is 214 g/mol. The van der Waals surface area contributed by atoms with E-state index in [1.54, 1.807) is 0 Å². The molecule has 0 atom stereocenters. The van der Waals surface area contributed by atoms with Gasteiger partial charge in [-0.05, 0) is 26.1 Å². The van der Waals surface area contributed by atoms with Gasteiger partial charge in [-0.2, -0.15) is 5.10 Å². The van der Waals surface area contributed by atoms with E-state index in [0.29, 0.717) is 6.04 Å². The minimum atomic E-state index is 0.240. The van der Waals surface area contributed by atoms with Crippen molar-refractivity contribution in [2.75, 3.05) is 13.1 Å². The van der Waals surface area contributed by atoms with Gasteiger partial charge in [0.1, 0.15) is 0 Å². The predicted molar refractivity (Wildman–Crippen MR) is 63.3 cm³/mol. The molecule has 4 nitrogen and oxygen atoms in total. The number of hydrazone groups is 1. The summed E-state index contributed by atoms with van der Waals surface area (Å²) in [5.74, 6) is 0. The molecule has 80 valence electrons. The largest absolute Gasteiger partial charge is 0.375 e. The number of nitrogens with one attached hydrogen (secondary N) is 1. The Morgan fingerprint density at radius 3 is 2.50 bits per heavy atom. The van der Waals surface area contributed by atoms with E-state index in [-0.39, 0.29) is 5.11 Å². The molecule has 0 aliphatic carbocycles. The Balaban J connectivity index is 2.35. The minimum Gasteiger partial charge on any atom is -0.375 e. The van der Waals surface area contributed by atoms with Crippen LogP contribution in [-0.4, -0.2) is 34.9 Å². The zero-order valence-electron chi connectivity index (χ0n) is 8.79. The lowest BCUT2D eigenvalue weighted by Crippen LogP contribution is -2.39. The smallest absolute Gasteiger partial charge is 0.184 e. The van der Waals surface area contributed by atoms with Crippen molar-refractivity contribution in [2.24, 2.45) is 10.8 Å². The van der Waals surface area contributed by atoms with E-state index in [1.165, 1.54) is 0 Å². The zero-order valence-corrected chi connectivity index (χ0v) is 9.60. The Hall–Kier alpha value is -0.680. The molecule has 0 aromatic rings. The number of hydrogen-bond acceptors (Lipinski definition) is 3. The van der Waals surface area contributed by atoms with Crippen LogP contribution in [0.15, 0.2) is 5.10 Å². The second-order valence-corrected chi connectivity index (χ2v) is 4.22. The summed E-state index contributed by atoms with van der Waals surface area (Å²) in [4.78, 5) is 2.44. The fourth-order valence-electron chi connectivity index (χ4n) is 1.54. The molecule has 0 aromatic carbocycles. The fraction of sp³-hybridized carbons (Fsp3) is 0.778. The van der Waals surface area contributed by atoms with Gasteiger partial charge in [0.05, 0.1) is 0 Å². The lowest BCUT2D eigenvalue weighted by Gasteiger charge is -2.30. The Labute approximate surface area is 90.5 Å². The number of hydrogen-bond donors (Lipinski definition) is 2. The maximum atomic E-state index is 5.29. The standard InChI is InChI=1S/C9H18N4S/c1-7(2)13-5-3-8(4-6-13)11-12-9(10)14/h7H,3-6H2,1-2H3,(H3,10,12,14). The van der Waals surface area contributed by atoms with Gasteiger partial charge in [0.2, 0.25) is 0 Å². The van der Waals surface area contributed by atoms with Crippen LogP contribution in [0.4, 0.5) is 0 Å². The summed E-state index contributed by atoms with van der Waals surface area (Å²) in [6.45, 7) is 6.59. The quantitative estimate of drug-likeness (QED) is 0.524. The summed E-state index contributed by atoms with van der Waals surface area (Å²) in [5, 5.41) is 4.39. The maximum Gasteiger partial charge on any atom is 0.184 e. The molecule has 0 aromatic heterocycles. The van der Waals surface area contributed by atoms with Crippen LogP contribution in [0.2, 0.25) is 0 Å². The molecule has 1 aliphatic heterocycles. The number of piperidine rings is 1. The van der Waals surface area contributed by atoms with E-state index < -0.39 is 0 Å². The molecule has 3 N–H and O–H groups in total. The molecule has 0 saturated carbocycles. The summed E-state index contributed by atoms with van der Waals surface area (Å²) in [6.07, 6.45) is 2.02. The second kappa shape index (κ2) is 5.26. The number of thiocarbonyl (C=S) groups is 1. The lowest BCUT2D eigenvalue weighted by atomic mass is 10.1. The third-order valence-corrected chi connectivity index (χ3v) is 2.52. The van der Waals surface area contributed by atoms with Crippen LogP contribution in [0, 0.1) is 0 Å². The molecule has 0 unspecified atom stereocenters. The predicted octanol–water partition coefficient (Wildman–Crippen LogP) is 0.680. The van der Waals surface area contributed by atoms with Crippen LogP contribution in [0.1, 0.15) is 26.7 Å². The van der Waals surface area contributed by atoms with Crippen LogP contribution < -0.4 is 11.2 Å². The fourth-order valence-corrected chi connectivity index (χ4v) is 1.59. The van der Waals surface area contributed by atoms with Crippen LogP contribution in [0.5, 0.6) is 0 Å². The molecular formula is C9H18N4S. The van der Waals surface area contributed by atoms with E-state index in [2.05, 4.69) is 41.5 Å². The van der Waals surface area contributed by atoms with Crippen molar-refractivity contribution in [2.45, 2.75) is 32.7 Å². The Morgan fingerprint density at radius 1 is 1.50 bits per heavy atom. The Bertz CT molecular complexity index is 227. The van der Waals surface area contributed by atoms with Gasteiger partial charge in [0, 0.05) is 37.7 Å². The van der Waals surface area contributed by atoms with Gasteiger partial charge in [0.25, 0.3) is 0 Å². The van der Waals surface area contributed by atoms with Crippen molar-refractivity contribution in [3.8, 4) is 0 Å². The number of likely N-dealkylation sites (tertiary alicyclic amines) is 1.